The molecule has 92 valence electrons. The summed E-state index contributed by atoms with van der Waals surface area (Å²) in [6.07, 6.45) is 1.93. The minimum absolute atomic E-state index is 0.170. The summed E-state index contributed by atoms with van der Waals surface area (Å²) in [5.74, 6) is 0.498. The van der Waals surface area contributed by atoms with Crippen LogP contribution in [0.2, 0.25) is 0 Å². The van der Waals surface area contributed by atoms with E-state index in [0.717, 1.165) is 29.4 Å². The molecule has 3 nitrogen and oxygen atoms in total. The largest absolute Gasteiger partial charge is 0.394 e. The fourth-order valence-corrected chi connectivity index (χ4v) is 3.04. The van der Waals surface area contributed by atoms with Crippen LogP contribution in [0.25, 0.3) is 0 Å². The van der Waals surface area contributed by atoms with E-state index in [-0.39, 0.29) is 12.6 Å². The first-order valence-electron chi connectivity index (χ1n) is 5.79. The zero-order valence-electron chi connectivity index (χ0n) is 9.77. The van der Waals surface area contributed by atoms with Crippen molar-refractivity contribution in [3.05, 3.63) is 28.2 Å². The molecule has 0 spiro atoms. The number of aldehydes is 1. The van der Waals surface area contributed by atoms with Crippen LogP contribution in [0.3, 0.4) is 0 Å². The third-order valence-electron chi connectivity index (χ3n) is 3.49. The number of aliphatic hydroxyl groups excluding tert-OH is 1. The van der Waals surface area contributed by atoms with E-state index in [4.69, 9.17) is 0 Å². The number of hydrogen-bond donors (Lipinski definition) is 1. The molecule has 2 rings (SSSR count). The first-order valence-corrected chi connectivity index (χ1v) is 6.59. The second-order valence-corrected chi connectivity index (χ2v) is 5.39. The van der Waals surface area contributed by atoms with Crippen molar-refractivity contribution >= 4 is 27.9 Å². The molecule has 0 aliphatic carbocycles. The molecule has 1 aromatic carbocycles. The average molecular weight is 298 g/mol. The van der Waals surface area contributed by atoms with Gasteiger partial charge in [0.1, 0.15) is 6.29 Å². The van der Waals surface area contributed by atoms with Crippen LogP contribution in [0.1, 0.15) is 23.7 Å². The van der Waals surface area contributed by atoms with Crippen LogP contribution in [0.15, 0.2) is 22.7 Å². The van der Waals surface area contributed by atoms with E-state index in [1.807, 2.05) is 18.2 Å². The van der Waals surface area contributed by atoms with Gasteiger partial charge in [0.2, 0.25) is 0 Å². The topological polar surface area (TPSA) is 40.5 Å². The third kappa shape index (κ3) is 2.38. The second kappa shape index (κ2) is 5.19. The molecule has 0 aromatic heterocycles. The van der Waals surface area contributed by atoms with E-state index in [1.54, 1.807) is 0 Å². The van der Waals surface area contributed by atoms with E-state index < -0.39 is 0 Å². The summed E-state index contributed by atoms with van der Waals surface area (Å²) in [5, 5.41) is 9.45. The zero-order chi connectivity index (χ0) is 12.4. The Kier molecular flexibility index (Phi) is 3.84. The predicted molar refractivity (Wildman–Crippen MR) is 71.5 cm³/mol. The lowest BCUT2D eigenvalue weighted by atomic mass is 10.0. The molecule has 1 saturated heterocycles. The number of rotatable bonds is 3. The van der Waals surface area contributed by atoms with E-state index in [2.05, 4.69) is 27.8 Å². The van der Waals surface area contributed by atoms with Crippen molar-refractivity contribution in [1.82, 2.24) is 0 Å². The van der Waals surface area contributed by atoms with Gasteiger partial charge in [0.25, 0.3) is 0 Å². The average Bonchev–Trinajstić information content (AvgIpc) is 2.70. The highest BCUT2D eigenvalue weighted by Crippen LogP contribution is 2.34. The lowest BCUT2D eigenvalue weighted by molar-refractivity contribution is 0.112. The van der Waals surface area contributed by atoms with Crippen molar-refractivity contribution in [3.63, 3.8) is 0 Å². The standard InChI is InChI=1S/C13H16BrNO2/c1-9-4-5-15(13(9)8-17)12-3-2-10(7-16)6-11(12)14/h2-3,6-7,9,13,17H,4-5,8H2,1H3. The number of benzene rings is 1. The Balaban J connectivity index is 2.31. The van der Waals surface area contributed by atoms with Gasteiger partial charge in [0, 0.05) is 16.6 Å². The highest BCUT2D eigenvalue weighted by Gasteiger charge is 2.31. The van der Waals surface area contributed by atoms with Gasteiger partial charge in [-0.2, -0.15) is 0 Å². The van der Waals surface area contributed by atoms with Gasteiger partial charge in [0.05, 0.1) is 18.3 Å². The number of aliphatic hydroxyl groups is 1. The highest BCUT2D eigenvalue weighted by molar-refractivity contribution is 9.10. The Morgan fingerprint density at radius 2 is 2.35 bits per heavy atom. The molecule has 4 heteroatoms. The maximum absolute atomic E-state index is 10.7. The predicted octanol–water partition coefficient (Wildman–Crippen LogP) is 2.47. The van der Waals surface area contributed by atoms with Crippen molar-refractivity contribution < 1.29 is 9.90 Å². The van der Waals surface area contributed by atoms with Crippen LogP contribution in [-0.2, 0) is 0 Å². The molecule has 1 N–H and O–H groups in total. The van der Waals surface area contributed by atoms with E-state index in [9.17, 15) is 9.90 Å². The van der Waals surface area contributed by atoms with Gasteiger partial charge in [-0.15, -0.1) is 0 Å². The number of carbonyl (C=O) groups excluding carboxylic acids is 1. The molecule has 1 aliphatic heterocycles. The molecule has 0 saturated carbocycles. The summed E-state index contributed by atoms with van der Waals surface area (Å²) in [6.45, 7) is 3.28. The Morgan fingerprint density at radius 1 is 1.59 bits per heavy atom. The number of nitrogens with zero attached hydrogens (tertiary/aromatic N) is 1. The first kappa shape index (κ1) is 12.6. The van der Waals surface area contributed by atoms with Gasteiger partial charge in [-0.1, -0.05) is 6.92 Å². The van der Waals surface area contributed by atoms with Crippen LogP contribution in [-0.4, -0.2) is 30.6 Å². The van der Waals surface area contributed by atoms with Crippen LogP contribution in [0.5, 0.6) is 0 Å². The first-order chi connectivity index (χ1) is 8.17. The summed E-state index contributed by atoms with van der Waals surface area (Å²) in [7, 11) is 0. The van der Waals surface area contributed by atoms with Crippen molar-refractivity contribution in [2.75, 3.05) is 18.1 Å². The minimum atomic E-state index is 0.170. The van der Waals surface area contributed by atoms with Gasteiger partial charge in [-0.25, -0.2) is 0 Å². The molecule has 2 unspecified atom stereocenters. The lowest BCUT2D eigenvalue weighted by Gasteiger charge is -2.28. The Hall–Kier alpha value is -0.870. The third-order valence-corrected chi connectivity index (χ3v) is 4.12. The molecule has 0 bridgehead atoms. The number of halogens is 1. The molecule has 1 aliphatic rings. The molecular weight excluding hydrogens is 282 g/mol. The highest BCUT2D eigenvalue weighted by atomic mass is 79.9. The molecule has 1 aromatic rings. The van der Waals surface area contributed by atoms with Crippen molar-refractivity contribution in [3.8, 4) is 0 Å². The van der Waals surface area contributed by atoms with Gasteiger partial charge >= 0.3 is 0 Å². The van der Waals surface area contributed by atoms with Crippen LogP contribution >= 0.6 is 15.9 Å². The smallest absolute Gasteiger partial charge is 0.150 e. The summed E-state index contributed by atoms with van der Waals surface area (Å²) in [5.41, 5.74) is 1.72. The maximum Gasteiger partial charge on any atom is 0.150 e. The minimum Gasteiger partial charge on any atom is -0.394 e. The molecule has 2 atom stereocenters. The van der Waals surface area contributed by atoms with Crippen LogP contribution < -0.4 is 4.90 Å². The molecule has 1 heterocycles. The zero-order valence-corrected chi connectivity index (χ0v) is 11.4. The monoisotopic (exact) mass is 297 g/mol. The van der Waals surface area contributed by atoms with Crippen LogP contribution in [0.4, 0.5) is 5.69 Å². The molecule has 17 heavy (non-hydrogen) atoms. The van der Waals surface area contributed by atoms with Crippen LogP contribution in [0, 0.1) is 5.92 Å². The summed E-state index contributed by atoms with van der Waals surface area (Å²) in [6, 6.07) is 5.74. The van der Waals surface area contributed by atoms with Gasteiger partial charge < -0.3 is 10.0 Å². The summed E-state index contributed by atoms with van der Waals surface area (Å²) in [4.78, 5) is 12.9. The summed E-state index contributed by atoms with van der Waals surface area (Å²) < 4.78 is 0.912. The molecule has 0 radical (unpaired) electrons. The van der Waals surface area contributed by atoms with Crippen molar-refractivity contribution in [1.29, 1.82) is 0 Å². The summed E-state index contributed by atoms with van der Waals surface area (Å²) >= 11 is 3.49. The van der Waals surface area contributed by atoms with E-state index in [1.165, 1.54) is 0 Å². The fraction of sp³-hybridized carbons (Fsp3) is 0.462. The number of anilines is 1. The maximum atomic E-state index is 10.7. The van der Waals surface area contributed by atoms with Gasteiger partial charge in [-0.3, -0.25) is 4.79 Å². The quantitative estimate of drug-likeness (QED) is 0.872. The van der Waals surface area contributed by atoms with E-state index in [0.29, 0.717) is 11.5 Å². The Labute approximate surface area is 110 Å². The molecular formula is C13H16BrNO2. The second-order valence-electron chi connectivity index (χ2n) is 4.54. The Morgan fingerprint density at radius 3 is 2.94 bits per heavy atom. The number of carbonyl (C=O) groups is 1. The Bertz CT molecular complexity index is 422. The molecule has 1 fully saturated rings. The molecule has 0 amide bonds. The van der Waals surface area contributed by atoms with E-state index >= 15 is 0 Å². The normalized spacial score (nSPS) is 24.1. The SMILES string of the molecule is CC1CCN(c2ccc(C=O)cc2Br)C1CO. The lowest BCUT2D eigenvalue weighted by Crippen LogP contribution is -2.35. The van der Waals surface area contributed by atoms with Crippen molar-refractivity contribution in [2.45, 2.75) is 19.4 Å². The van der Waals surface area contributed by atoms with Crippen molar-refractivity contribution in [2.24, 2.45) is 5.92 Å². The van der Waals surface area contributed by atoms with Gasteiger partial charge in [-0.05, 0) is 46.5 Å². The fourth-order valence-electron chi connectivity index (χ4n) is 2.42. The van der Waals surface area contributed by atoms with Gasteiger partial charge in [0.15, 0.2) is 0 Å². The number of hydrogen-bond acceptors (Lipinski definition) is 3.